The predicted molar refractivity (Wildman–Crippen MR) is 57.6 cm³/mol. The Bertz CT molecular complexity index is 358. The number of rotatable bonds is 5. The Morgan fingerprint density at radius 2 is 2.25 bits per heavy atom. The molecule has 1 radical (unpaired) electrons. The third-order valence-electron chi connectivity index (χ3n) is 1.95. The van der Waals surface area contributed by atoms with Gasteiger partial charge in [0.15, 0.2) is 17.8 Å². The fourth-order valence-electron chi connectivity index (χ4n) is 1.27. The maximum Gasteiger partial charge on any atom is 0.184 e. The van der Waals surface area contributed by atoms with Crippen molar-refractivity contribution >= 4 is 12.0 Å². The second-order valence-corrected chi connectivity index (χ2v) is 2.92. The third kappa shape index (κ3) is 3.16. The summed E-state index contributed by atoms with van der Waals surface area (Å²) in [6.45, 7) is 0.928. The van der Waals surface area contributed by atoms with Gasteiger partial charge in [0.05, 0.1) is 12.8 Å². The van der Waals surface area contributed by atoms with Gasteiger partial charge in [-0.2, -0.15) is 0 Å². The molecule has 1 rings (SSSR count). The number of methoxy groups -OCH3 is 1. The smallest absolute Gasteiger partial charge is 0.184 e. The average Bonchev–Trinajstić information content (AvgIpc) is 2.26. The molecule has 0 heterocycles. The molecule has 0 spiro atoms. The van der Waals surface area contributed by atoms with Crippen molar-refractivity contribution in [2.24, 2.45) is 5.73 Å². The number of phenols is 1. The van der Waals surface area contributed by atoms with Crippen molar-refractivity contribution < 1.29 is 33.2 Å². The molecule has 0 aliphatic carbocycles. The Labute approximate surface area is 106 Å². The van der Waals surface area contributed by atoms with Gasteiger partial charge in [0.25, 0.3) is 0 Å². The number of aromatic hydroxyl groups is 1. The summed E-state index contributed by atoms with van der Waals surface area (Å²) in [6, 6.07) is 2.93. The quantitative estimate of drug-likeness (QED) is 0.675. The number of hydrogen-bond donors (Lipinski definition) is 3. The molecule has 0 bridgehead atoms. The monoisotopic (exact) mass is 261 g/mol. The van der Waals surface area contributed by atoms with Crippen molar-refractivity contribution in [1.29, 1.82) is 0 Å². The second kappa shape index (κ2) is 7.16. The molecule has 4 N–H and O–H groups in total. The summed E-state index contributed by atoms with van der Waals surface area (Å²) >= 11 is 0. The number of aldehydes is 1. The summed E-state index contributed by atoms with van der Waals surface area (Å²) in [6.07, 6.45) is 0.695. The number of nitrogens with two attached hydrogens (primary N) is 1. The van der Waals surface area contributed by atoms with Gasteiger partial charge in [-0.05, 0) is 12.1 Å². The van der Waals surface area contributed by atoms with Gasteiger partial charge in [0.1, 0.15) is 0 Å². The van der Waals surface area contributed by atoms with Crippen LogP contribution in [0.2, 0.25) is 0 Å². The van der Waals surface area contributed by atoms with Crippen molar-refractivity contribution in [3.63, 3.8) is 0 Å². The van der Waals surface area contributed by atoms with Crippen molar-refractivity contribution in [3.05, 3.63) is 17.7 Å². The molecule has 0 saturated carbocycles. The minimum atomic E-state index is -0.0115. The largest absolute Gasteiger partial charge is 0.504 e. The summed E-state index contributed by atoms with van der Waals surface area (Å²) in [4.78, 5) is 10.8. The molecular weight excluding hydrogens is 247 g/mol. The van der Waals surface area contributed by atoms with E-state index in [1.165, 1.54) is 19.2 Å². The summed E-state index contributed by atoms with van der Waals surface area (Å²) in [7, 11) is 1.43. The molecule has 0 amide bonds. The van der Waals surface area contributed by atoms with Crippen LogP contribution in [-0.4, -0.2) is 31.6 Å². The van der Waals surface area contributed by atoms with Crippen LogP contribution in [0.1, 0.15) is 10.4 Å². The minimum absolute atomic E-state index is 0. The molecule has 6 heteroatoms. The van der Waals surface area contributed by atoms with Gasteiger partial charge < -0.3 is 20.9 Å². The zero-order valence-electron chi connectivity index (χ0n) is 8.93. The van der Waals surface area contributed by atoms with Crippen LogP contribution in [0.15, 0.2) is 12.1 Å². The zero-order chi connectivity index (χ0) is 11.3. The van der Waals surface area contributed by atoms with Crippen molar-refractivity contribution in [2.75, 3.05) is 25.5 Å². The van der Waals surface area contributed by atoms with Crippen molar-refractivity contribution in [1.82, 2.24) is 0 Å². The summed E-state index contributed by atoms with van der Waals surface area (Å²) < 4.78 is 5.00. The number of ether oxygens (including phenoxy) is 1. The van der Waals surface area contributed by atoms with Gasteiger partial charge in [-0.3, -0.25) is 4.79 Å². The van der Waals surface area contributed by atoms with E-state index in [2.05, 4.69) is 5.32 Å². The van der Waals surface area contributed by atoms with E-state index in [1.807, 2.05) is 0 Å². The van der Waals surface area contributed by atoms with Gasteiger partial charge in [-0.15, -0.1) is 0 Å². The van der Waals surface area contributed by atoms with Crippen LogP contribution in [0, 0.1) is 0 Å². The van der Waals surface area contributed by atoms with Crippen LogP contribution < -0.4 is 15.8 Å². The van der Waals surface area contributed by atoms with Crippen LogP contribution in [0.3, 0.4) is 0 Å². The molecule has 1 aromatic carbocycles. The van der Waals surface area contributed by atoms with E-state index >= 15 is 0 Å². The maximum atomic E-state index is 10.8. The fraction of sp³-hybridized carbons (Fsp3) is 0.300. The SMILES string of the molecule is COc1c(O)ccc(C=O)c1NCCN.[V]. The summed E-state index contributed by atoms with van der Waals surface area (Å²) in [5.41, 5.74) is 6.24. The molecule has 0 aliphatic heterocycles. The number of carbonyl (C=O) groups is 1. The van der Waals surface area contributed by atoms with Gasteiger partial charge in [0, 0.05) is 37.2 Å². The van der Waals surface area contributed by atoms with E-state index < -0.39 is 0 Å². The fourth-order valence-corrected chi connectivity index (χ4v) is 1.27. The minimum Gasteiger partial charge on any atom is -0.504 e. The zero-order valence-corrected chi connectivity index (χ0v) is 10.3. The van der Waals surface area contributed by atoms with Crippen LogP contribution in [0.25, 0.3) is 0 Å². The topological polar surface area (TPSA) is 84.6 Å². The van der Waals surface area contributed by atoms with Gasteiger partial charge in [0.2, 0.25) is 0 Å². The number of carbonyl (C=O) groups excluding carboxylic acids is 1. The molecule has 5 nitrogen and oxygen atoms in total. The van der Waals surface area contributed by atoms with E-state index in [-0.39, 0.29) is 30.1 Å². The van der Waals surface area contributed by atoms with Crippen LogP contribution in [0.5, 0.6) is 11.5 Å². The van der Waals surface area contributed by atoms with E-state index in [0.29, 0.717) is 30.6 Å². The number of anilines is 1. The van der Waals surface area contributed by atoms with Gasteiger partial charge >= 0.3 is 0 Å². The van der Waals surface area contributed by atoms with Gasteiger partial charge in [-0.25, -0.2) is 0 Å². The Balaban J connectivity index is 0.00000225. The second-order valence-electron chi connectivity index (χ2n) is 2.92. The molecule has 0 saturated heterocycles. The van der Waals surface area contributed by atoms with Crippen molar-refractivity contribution in [2.45, 2.75) is 0 Å². The predicted octanol–water partition coefficient (Wildman–Crippen LogP) is 0.581. The van der Waals surface area contributed by atoms with Crippen LogP contribution in [0.4, 0.5) is 5.69 Å². The van der Waals surface area contributed by atoms with E-state index in [9.17, 15) is 9.90 Å². The number of hydrogen-bond acceptors (Lipinski definition) is 5. The first-order chi connectivity index (χ1) is 7.24. The van der Waals surface area contributed by atoms with Crippen LogP contribution in [-0.2, 0) is 18.6 Å². The molecule has 16 heavy (non-hydrogen) atoms. The number of benzene rings is 1. The molecule has 0 aliphatic rings. The Hall–Kier alpha value is -1.17. The molecule has 0 aromatic heterocycles. The maximum absolute atomic E-state index is 10.8. The number of phenolic OH excluding ortho intramolecular Hbond substituents is 1. The molecular formula is C10H14N2O3V. The Morgan fingerprint density at radius 1 is 1.56 bits per heavy atom. The summed E-state index contributed by atoms with van der Waals surface area (Å²) in [5.74, 6) is 0.246. The first kappa shape index (κ1) is 14.8. The van der Waals surface area contributed by atoms with Gasteiger partial charge in [-0.1, -0.05) is 0 Å². The Kier molecular flexibility index (Phi) is 6.64. The molecule has 0 fully saturated rings. The normalized spacial score (nSPS) is 9.12. The van der Waals surface area contributed by atoms with Crippen molar-refractivity contribution in [3.8, 4) is 11.5 Å². The molecule has 87 valence electrons. The standard InChI is InChI=1S/C10H14N2O3.V/c1-15-10-8(14)3-2-7(6-13)9(10)12-5-4-11;/h2-3,6,12,14H,4-5,11H2,1H3;. The average molecular weight is 261 g/mol. The van der Waals surface area contributed by atoms with E-state index in [4.69, 9.17) is 10.5 Å². The summed E-state index contributed by atoms with van der Waals surface area (Å²) in [5, 5.41) is 12.4. The molecule has 0 atom stereocenters. The van der Waals surface area contributed by atoms with E-state index in [1.54, 1.807) is 0 Å². The first-order valence-electron chi connectivity index (χ1n) is 4.53. The Morgan fingerprint density at radius 3 is 2.75 bits per heavy atom. The van der Waals surface area contributed by atoms with Crippen LogP contribution >= 0.6 is 0 Å². The molecule has 1 aromatic rings. The molecule has 0 unspecified atom stereocenters. The van der Waals surface area contributed by atoms with E-state index in [0.717, 1.165) is 0 Å². The third-order valence-corrected chi connectivity index (χ3v) is 1.95. The number of nitrogens with one attached hydrogen (secondary N) is 1. The first-order valence-corrected chi connectivity index (χ1v) is 4.53.